The number of fused-ring (bicyclic) bond motifs is 1. The van der Waals surface area contributed by atoms with Gasteiger partial charge in [0.1, 0.15) is 0 Å². The Morgan fingerprint density at radius 3 is 2.59 bits per heavy atom. The highest BCUT2D eigenvalue weighted by molar-refractivity contribution is 8.02. The van der Waals surface area contributed by atoms with E-state index in [1.165, 1.54) is 25.2 Å². The van der Waals surface area contributed by atoms with Crippen LogP contribution in [0, 0.1) is 0 Å². The molecule has 2 rings (SSSR count). The number of hydrogen-bond acceptors (Lipinski definition) is 7. The molecule has 2 N–H and O–H groups in total. The summed E-state index contributed by atoms with van der Waals surface area (Å²) in [4.78, 5) is 24.5. The third-order valence-electron chi connectivity index (χ3n) is 2.87. The molecule has 0 radical (unpaired) electrons. The lowest BCUT2D eigenvalue weighted by molar-refractivity contribution is -0.0426. The minimum absolute atomic E-state index is 0.561. The second-order valence-electron chi connectivity index (χ2n) is 4.46. The average Bonchev–Trinajstić information content (AvgIpc) is 2.78. The highest BCUT2D eigenvalue weighted by Crippen LogP contribution is 2.41. The van der Waals surface area contributed by atoms with Crippen LogP contribution in [0.2, 0.25) is 0 Å². The molecule has 1 aromatic carbocycles. The van der Waals surface area contributed by atoms with Gasteiger partial charge < -0.3 is 19.7 Å². The number of ether oxygens (including phenoxy) is 2. The number of thioether (sulfide) groups is 1. The Kier molecular flexibility index (Phi) is 4.77. The molecule has 1 heterocycles. The molecule has 0 spiro atoms. The third kappa shape index (κ3) is 3.80. The normalized spacial score (nSPS) is 15.0. The summed E-state index contributed by atoms with van der Waals surface area (Å²) in [5.74, 6) is 0. The molecule has 0 aliphatic rings. The first-order valence-corrected chi connectivity index (χ1v) is 7.79. The lowest BCUT2D eigenvalue weighted by Crippen LogP contribution is -2.41. The van der Waals surface area contributed by atoms with E-state index in [-0.39, 0.29) is 0 Å². The van der Waals surface area contributed by atoms with E-state index < -0.39 is 23.3 Å². The van der Waals surface area contributed by atoms with Crippen LogP contribution >= 0.6 is 23.1 Å². The molecule has 0 aliphatic carbocycles. The van der Waals surface area contributed by atoms with E-state index in [0.29, 0.717) is 4.34 Å². The van der Waals surface area contributed by atoms with E-state index in [1.54, 1.807) is 0 Å². The van der Waals surface area contributed by atoms with Gasteiger partial charge in [0.25, 0.3) is 0 Å². The van der Waals surface area contributed by atoms with Gasteiger partial charge in [0.2, 0.25) is 4.93 Å². The molecule has 0 amide bonds. The second kappa shape index (κ2) is 6.41. The summed E-state index contributed by atoms with van der Waals surface area (Å²) < 4.78 is 11.0. The largest absolute Gasteiger partial charge is 0.507 e. The van der Waals surface area contributed by atoms with Crippen LogP contribution in [-0.2, 0) is 9.47 Å². The monoisotopic (exact) mass is 343 g/mol. The first kappa shape index (κ1) is 16.4. The van der Waals surface area contributed by atoms with E-state index in [1.807, 2.05) is 24.3 Å². The third-order valence-corrected chi connectivity index (χ3v) is 5.29. The van der Waals surface area contributed by atoms with Crippen molar-refractivity contribution < 1.29 is 29.3 Å². The van der Waals surface area contributed by atoms with Gasteiger partial charge in [-0.25, -0.2) is 14.6 Å². The van der Waals surface area contributed by atoms with Crippen molar-refractivity contribution in [3.8, 4) is 0 Å². The molecule has 2 atom stereocenters. The minimum Gasteiger partial charge on any atom is -0.450 e. The first-order valence-electron chi connectivity index (χ1n) is 6.16. The van der Waals surface area contributed by atoms with Crippen LogP contribution in [0.4, 0.5) is 9.59 Å². The zero-order chi connectivity index (χ0) is 16.3. The summed E-state index contributed by atoms with van der Waals surface area (Å²) in [5, 5.41) is 17.6. The Balaban J connectivity index is 2.28. The maximum atomic E-state index is 10.9. The van der Waals surface area contributed by atoms with Crippen molar-refractivity contribution >= 4 is 45.6 Å². The fourth-order valence-electron chi connectivity index (χ4n) is 1.69. The van der Waals surface area contributed by atoms with Crippen LogP contribution in [0.25, 0.3) is 10.2 Å². The minimum atomic E-state index is -1.52. The molecule has 1 aromatic heterocycles. The molecule has 0 fully saturated rings. The van der Waals surface area contributed by atoms with Crippen LogP contribution in [0.1, 0.15) is 13.8 Å². The second-order valence-corrected chi connectivity index (χ2v) is 7.15. The van der Waals surface area contributed by atoms with Crippen molar-refractivity contribution in [2.24, 2.45) is 0 Å². The smallest absolute Gasteiger partial charge is 0.450 e. The Labute approximate surface area is 133 Å². The predicted molar refractivity (Wildman–Crippen MR) is 81.6 cm³/mol. The highest BCUT2D eigenvalue weighted by atomic mass is 32.2. The van der Waals surface area contributed by atoms with E-state index in [2.05, 4.69) is 9.72 Å². The zero-order valence-electron chi connectivity index (χ0n) is 11.7. The standard InChI is InChI=1S/C13H13NO6S2/c1-7(19-11(15)16)13(2,20-12(17)18)22-10-14-8-5-3-4-6-9(8)21-10/h3-7H,1-2H3,(H,15,16)(H,17,18). The van der Waals surface area contributed by atoms with Crippen LogP contribution in [0.15, 0.2) is 28.6 Å². The van der Waals surface area contributed by atoms with Gasteiger partial charge in [-0.05, 0) is 37.7 Å². The Morgan fingerprint density at radius 1 is 1.32 bits per heavy atom. The van der Waals surface area contributed by atoms with Gasteiger partial charge in [-0.15, -0.1) is 11.3 Å². The van der Waals surface area contributed by atoms with Gasteiger partial charge in [-0.2, -0.15) is 0 Å². The summed E-state index contributed by atoms with van der Waals surface area (Å²) in [7, 11) is 0. The van der Waals surface area contributed by atoms with Crippen molar-refractivity contribution in [1.82, 2.24) is 4.98 Å². The Bertz CT molecular complexity index is 670. The molecule has 2 aromatic rings. The van der Waals surface area contributed by atoms with Gasteiger partial charge in [0, 0.05) is 0 Å². The van der Waals surface area contributed by atoms with Crippen molar-refractivity contribution in [3.63, 3.8) is 0 Å². The lowest BCUT2D eigenvalue weighted by atomic mass is 10.2. The number of rotatable bonds is 5. The number of aromatic nitrogens is 1. The average molecular weight is 343 g/mol. The molecule has 118 valence electrons. The molecular formula is C13H13NO6S2. The first-order chi connectivity index (χ1) is 10.3. The van der Waals surface area contributed by atoms with Gasteiger partial charge in [-0.3, -0.25) is 0 Å². The summed E-state index contributed by atoms with van der Waals surface area (Å²) in [6, 6.07) is 7.45. The van der Waals surface area contributed by atoms with Gasteiger partial charge in [-0.1, -0.05) is 12.1 Å². The molecule has 0 saturated carbocycles. The molecule has 0 aliphatic heterocycles. The number of carboxylic acid groups (broad SMARTS) is 2. The highest BCUT2D eigenvalue weighted by Gasteiger charge is 2.40. The molecule has 0 bridgehead atoms. The van der Waals surface area contributed by atoms with Crippen LogP contribution in [-0.4, -0.2) is 38.5 Å². The van der Waals surface area contributed by atoms with E-state index in [0.717, 1.165) is 22.0 Å². The molecule has 9 heteroatoms. The Hall–Kier alpha value is -2.00. The number of para-hydroxylation sites is 1. The molecule has 22 heavy (non-hydrogen) atoms. The van der Waals surface area contributed by atoms with Crippen LogP contribution < -0.4 is 0 Å². The summed E-state index contributed by atoms with van der Waals surface area (Å²) >= 11 is 2.37. The maximum Gasteiger partial charge on any atom is 0.507 e. The molecule has 2 unspecified atom stereocenters. The number of hydrogen-bond donors (Lipinski definition) is 2. The maximum absolute atomic E-state index is 10.9. The van der Waals surface area contributed by atoms with E-state index in [9.17, 15) is 9.59 Å². The van der Waals surface area contributed by atoms with E-state index in [4.69, 9.17) is 14.9 Å². The van der Waals surface area contributed by atoms with E-state index >= 15 is 0 Å². The van der Waals surface area contributed by atoms with Crippen LogP contribution in [0.5, 0.6) is 0 Å². The van der Waals surface area contributed by atoms with Gasteiger partial charge >= 0.3 is 12.3 Å². The van der Waals surface area contributed by atoms with Gasteiger partial charge in [0.15, 0.2) is 10.4 Å². The fourth-order valence-corrected chi connectivity index (χ4v) is 4.13. The van der Waals surface area contributed by atoms with Gasteiger partial charge in [0.05, 0.1) is 10.2 Å². The van der Waals surface area contributed by atoms with Crippen molar-refractivity contribution in [2.75, 3.05) is 0 Å². The quantitative estimate of drug-likeness (QED) is 0.478. The number of thiazole rings is 1. The van der Waals surface area contributed by atoms with Crippen molar-refractivity contribution in [2.45, 2.75) is 29.2 Å². The van der Waals surface area contributed by atoms with Crippen LogP contribution in [0.3, 0.4) is 0 Å². The Morgan fingerprint density at radius 2 is 2.00 bits per heavy atom. The summed E-state index contributed by atoms with van der Waals surface area (Å²) in [6.07, 6.45) is -4.03. The van der Waals surface area contributed by atoms with Crippen molar-refractivity contribution in [3.05, 3.63) is 24.3 Å². The molecule has 7 nitrogen and oxygen atoms in total. The summed E-state index contributed by atoms with van der Waals surface area (Å²) in [6.45, 7) is 2.88. The predicted octanol–water partition coefficient (Wildman–Crippen LogP) is 3.88. The summed E-state index contributed by atoms with van der Waals surface area (Å²) in [5.41, 5.74) is 0.777. The topological polar surface area (TPSA) is 106 Å². The number of benzene rings is 1. The number of nitrogens with zero attached hydrogens (tertiary/aromatic N) is 1. The molecule has 0 saturated heterocycles. The van der Waals surface area contributed by atoms with Crippen molar-refractivity contribution in [1.29, 1.82) is 0 Å². The lowest BCUT2D eigenvalue weighted by Gasteiger charge is -2.30. The zero-order valence-corrected chi connectivity index (χ0v) is 13.3. The SMILES string of the molecule is CC(OC(=O)O)C(C)(OC(=O)O)Sc1nc2ccccc2s1. The number of carbonyl (C=O) groups is 2. The fraction of sp³-hybridized carbons (Fsp3) is 0.308. The molecular weight excluding hydrogens is 330 g/mol.